The molecule has 2 aromatic heterocycles. The first-order valence-electron chi connectivity index (χ1n) is 33.9. The minimum Gasteiger partial charge on any atom is -0.464 e. The first-order chi connectivity index (χ1) is 44.6. The molecule has 0 saturated carbocycles. The van der Waals surface area contributed by atoms with Gasteiger partial charge in [0.05, 0.1) is 50.7 Å². The Morgan fingerprint density at radius 2 is 1.18 bits per heavy atom. The summed E-state index contributed by atoms with van der Waals surface area (Å²) in [6, 6.07) is 24.6. The normalized spacial score (nSPS) is 16.5. The summed E-state index contributed by atoms with van der Waals surface area (Å²) in [5.41, 5.74) is 5.86. The van der Waals surface area contributed by atoms with Crippen LogP contribution in [-0.4, -0.2) is 6.71 Å². The second-order valence-corrected chi connectivity index (χ2v) is 20.1. The van der Waals surface area contributed by atoms with Gasteiger partial charge in [0.15, 0.2) is 0 Å². The lowest BCUT2D eigenvalue weighted by Crippen LogP contribution is -2.60. The summed E-state index contributed by atoms with van der Waals surface area (Å²) in [4.78, 5) is 5.45. The van der Waals surface area contributed by atoms with E-state index in [-0.39, 0.29) is 50.3 Å². The van der Waals surface area contributed by atoms with Crippen molar-refractivity contribution in [3.05, 3.63) is 254 Å². The molecule has 0 amide bonds. The molecule has 14 rings (SSSR count). The lowest BCUT2D eigenvalue weighted by atomic mass is 9.36. The molecule has 0 radical (unpaired) electrons. The van der Waals surface area contributed by atoms with Crippen molar-refractivity contribution in [1.29, 1.82) is 0 Å². The smallest absolute Gasteiger partial charge is 0.264 e. The summed E-state index contributed by atoms with van der Waals surface area (Å²) in [6.45, 7) is 5.52. The average Bonchev–Trinajstić information content (AvgIpc) is 1.23. The minimum atomic E-state index is -0.766. The summed E-state index contributed by atoms with van der Waals surface area (Å²) in [5.74, 6) is 0. The monoisotopic (exact) mass is 988 g/mol. The number of furan rings is 1. The van der Waals surface area contributed by atoms with Gasteiger partial charge in [-0.15, -0.1) is 11.3 Å². The maximum Gasteiger partial charge on any atom is 0.264 e. The highest BCUT2D eigenvalue weighted by molar-refractivity contribution is 7.33. The van der Waals surface area contributed by atoms with E-state index >= 15 is 0 Å². The molecule has 0 bridgehead atoms. The number of benzene rings is 10. The van der Waals surface area contributed by atoms with Gasteiger partial charge in [0, 0.05) is 59.9 Å². The van der Waals surface area contributed by atoms with Crippen LogP contribution in [0.3, 0.4) is 0 Å². The lowest BCUT2D eigenvalue weighted by Gasteiger charge is -2.44. The summed E-state index contributed by atoms with van der Waals surface area (Å²) in [5, 5.41) is 1.23. The van der Waals surface area contributed by atoms with Crippen molar-refractivity contribution in [3.8, 4) is 33.4 Å². The Bertz CT molecular complexity index is 5200. The van der Waals surface area contributed by atoms with E-state index in [1.54, 1.807) is 60.7 Å². The quantitative estimate of drug-likeness (QED) is 0.142. The number of rotatable bonds is 8. The van der Waals surface area contributed by atoms with Crippen LogP contribution in [0.1, 0.15) is 53.7 Å². The average molecular weight is 988 g/mol. The Hall–Kier alpha value is -8.84. The molecule has 74 heavy (non-hydrogen) atoms. The van der Waals surface area contributed by atoms with Crippen LogP contribution >= 0.6 is 11.3 Å². The molecule has 6 heteroatoms. The van der Waals surface area contributed by atoms with Crippen molar-refractivity contribution in [2.45, 2.75) is 26.2 Å². The van der Waals surface area contributed by atoms with Crippen LogP contribution < -0.4 is 30.4 Å². The van der Waals surface area contributed by atoms with Crippen molar-refractivity contribution in [3.63, 3.8) is 0 Å². The van der Waals surface area contributed by atoms with E-state index in [0.29, 0.717) is 67.0 Å². The Kier molecular flexibility index (Phi) is 6.56. The van der Waals surface area contributed by atoms with Crippen molar-refractivity contribution in [1.82, 2.24) is 0 Å². The van der Waals surface area contributed by atoms with Gasteiger partial charge in [-0.25, -0.2) is 0 Å². The first kappa shape index (κ1) is 27.8. The predicted molar refractivity (Wildman–Crippen MR) is 315 cm³/mol. The van der Waals surface area contributed by atoms with E-state index in [1.165, 1.54) is 28.6 Å². The SMILES string of the molecule is [2H]c1c([2H])c([2H])c(-c2cc3c4c(c2)N(c2ccc(C(C)(C)C)cc2)c2c(sc5ccc(-c6c([2H])c([2H])c([2H])c([2H])c6[2H])cc25)B4c2ccc(N(c4ccccc4-c4c([2H])c([2H])c([2H])c([2H])c4[2H])c4c([2H])c([2H])c([2H])c([2H])c4[2H])cc2N3c2cccc3occc23)c([2H])c1[2H]. The van der Waals surface area contributed by atoms with E-state index in [9.17, 15) is 8.22 Å². The number of para-hydroxylation sites is 2. The van der Waals surface area contributed by atoms with Crippen molar-refractivity contribution in [2.24, 2.45) is 0 Å². The number of thiophene rings is 1. The fourth-order valence-electron chi connectivity index (χ4n) is 10.5. The summed E-state index contributed by atoms with van der Waals surface area (Å²) in [6.07, 6.45) is 1.54. The van der Waals surface area contributed by atoms with Crippen LogP contribution in [0.2, 0.25) is 0 Å². The summed E-state index contributed by atoms with van der Waals surface area (Å²) < 4.78 is 188. The molecule has 0 fully saturated rings. The van der Waals surface area contributed by atoms with Crippen LogP contribution in [0.5, 0.6) is 0 Å². The van der Waals surface area contributed by atoms with Gasteiger partial charge in [-0.05, 0) is 135 Å². The van der Waals surface area contributed by atoms with Gasteiger partial charge >= 0.3 is 0 Å². The molecule has 0 aliphatic carbocycles. The van der Waals surface area contributed by atoms with Gasteiger partial charge < -0.3 is 19.1 Å². The molecule has 10 aromatic carbocycles. The Morgan fingerprint density at radius 1 is 0.514 bits per heavy atom. The molecule has 4 heterocycles. The van der Waals surface area contributed by atoms with Crippen LogP contribution in [0, 0.1) is 0 Å². The standard InChI is InChI=1S/C68H50BN3OS/c1-68(2,3)50-32-34-52(35-33-50)71-61-42-49(46-21-10-5-11-22-46)43-62-65(61)69(67-66(71)56-41-48(31-38-64(56)74-67)45-19-8-4-9-20-45)57-37-36-53(44-60(57)72(62)59-29-18-30-63-55(59)39-40-73-63)70(51-25-14-7-15-26-51)58-28-17-16-27-54(58)47-23-12-6-13-24-47/h4-44H,1-3H3/i4D,5D,6D,7D,8D,9D,10D,11D,12D,13D,14D,15D,19D,20D,21D,22D,23D,24D,25D,26D. The van der Waals surface area contributed by atoms with E-state index in [1.807, 2.05) is 59.5 Å². The topological polar surface area (TPSA) is 22.9 Å². The van der Waals surface area contributed by atoms with Crippen molar-refractivity contribution >= 4 is 106 Å². The molecule has 4 nitrogen and oxygen atoms in total. The highest BCUT2D eigenvalue weighted by Gasteiger charge is 2.46. The van der Waals surface area contributed by atoms with Crippen LogP contribution in [-0.2, 0) is 5.41 Å². The number of hydrogen-bond donors (Lipinski definition) is 0. The Morgan fingerprint density at radius 3 is 1.89 bits per heavy atom. The molecule has 0 unspecified atom stereocenters. The Labute approximate surface area is 464 Å². The van der Waals surface area contributed by atoms with Crippen LogP contribution in [0.25, 0.3) is 54.4 Å². The third-order valence-corrected chi connectivity index (χ3v) is 15.0. The molecule has 0 saturated heterocycles. The number of hydrogen-bond acceptors (Lipinski definition) is 5. The zero-order chi connectivity index (χ0) is 66.9. The van der Waals surface area contributed by atoms with Gasteiger partial charge in [0.2, 0.25) is 0 Å². The van der Waals surface area contributed by atoms with E-state index in [4.69, 9.17) is 23.6 Å². The summed E-state index contributed by atoms with van der Waals surface area (Å²) >= 11 is 1.46. The molecule has 2 aliphatic rings. The maximum absolute atomic E-state index is 9.60. The molecule has 12 aromatic rings. The fourth-order valence-corrected chi connectivity index (χ4v) is 11.8. The molecular formula is C68H50BN3OS. The van der Waals surface area contributed by atoms with Gasteiger partial charge in [0.1, 0.15) is 5.58 Å². The van der Waals surface area contributed by atoms with E-state index in [2.05, 4.69) is 25.7 Å². The van der Waals surface area contributed by atoms with Gasteiger partial charge in [-0.1, -0.05) is 178 Å². The number of nitrogens with zero attached hydrogens (tertiary/aromatic N) is 3. The lowest BCUT2D eigenvalue weighted by molar-refractivity contribution is 0.590. The fraction of sp³-hybridized carbons (Fsp3) is 0.0588. The highest BCUT2D eigenvalue weighted by atomic mass is 32.1. The van der Waals surface area contributed by atoms with Crippen LogP contribution in [0.4, 0.5) is 51.2 Å². The third-order valence-electron chi connectivity index (χ3n) is 13.8. The van der Waals surface area contributed by atoms with Crippen molar-refractivity contribution in [2.75, 3.05) is 14.7 Å². The maximum atomic E-state index is 9.60. The molecule has 352 valence electrons. The van der Waals surface area contributed by atoms with Gasteiger partial charge in [-0.2, -0.15) is 0 Å². The molecule has 0 N–H and O–H groups in total. The molecule has 0 atom stereocenters. The van der Waals surface area contributed by atoms with E-state index in [0.717, 1.165) is 15.0 Å². The highest BCUT2D eigenvalue weighted by Crippen LogP contribution is 2.52. The Balaban J connectivity index is 1.15. The number of fused-ring (bicyclic) bond motifs is 7. The van der Waals surface area contributed by atoms with Crippen molar-refractivity contribution < 1.29 is 31.8 Å². The largest absolute Gasteiger partial charge is 0.464 e. The summed E-state index contributed by atoms with van der Waals surface area (Å²) in [7, 11) is 0. The zero-order valence-corrected chi connectivity index (χ0v) is 40.7. The predicted octanol–water partition coefficient (Wildman–Crippen LogP) is 17.5. The zero-order valence-electron chi connectivity index (χ0n) is 59.9. The minimum absolute atomic E-state index is 0.0210. The van der Waals surface area contributed by atoms with Gasteiger partial charge in [-0.3, -0.25) is 0 Å². The number of anilines is 9. The van der Waals surface area contributed by atoms with E-state index < -0.39 is 128 Å². The first-order valence-corrected chi connectivity index (χ1v) is 24.7. The second kappa shape index (κ2) is 17.4. The second-order valence-electron chi connectivity index (χ2n) is 19.0. The molecular weight excluding hydrogens is 918 g/mol. The van der Waals surface area contributed by atoms with Crippen LogP contribution in [0.15, 0.2) is 253 Å². The van der Waals surface area contributed by atoms with Gasteiger partial charge in [0.25, 0.3) is 6.71 Å². The molecule has 0 spiro atoms. The third kappa shape index (κ3) is 7.20. The molecule has 2 aliphatic heterocycles.